The normalized spacial score (nSPS) is 16.1. The van der Waals surface area contributed by atoms with Crippen LogP contribution in [0.25, 0.3) is 11.3 Å². The summed E-state index contributed by atoms with van der Waals surface area (Å²) in [6.45, 7) is 20.3. The van der Waals surface area contributed by atoms with Gasteiger partial charge in [0.25, 0.3) is 0 Å². The fraction of sp³-hybridized carbons (Fsp3) is 0.561. The first-order valence-electron chi connectivity index (χ1n) is 19.4. The minimum absolute atomic E-state index is 0.0189. The van der Waals surface area contributed by atoms with Crippen LogP contribution in [0.4, 0.5) is 26.0 Å². The molecule has 2 N–H and O–H groups in total. The van der Waals surface area contributed by atoms with Gasteiger partial charge in [0.2, 0.25) is 5.91 Å². The average Bonchev–Trinajstić information content (AvgIpc) is 3.53. The minimum Gasteiger partial charge on any atom is -0.458 e. The molecule has 1 aliphatic rings. The van der Waals surface area contributed by atoms with Gasteiger partial charge in [0.15, 0.2) is 11.6 Å². The number of nitrogens with zero attached hydrogens (tertiary/aromatic N) is 6. The van der Waals surface area contributed by atoms with Crippen LogP contribution in [0.2, 0.25) is 10.0 Å². The van der Waals surface area contributed by atoms with Gasteiger partial charge in [0, 0.05) is 46.5 Å². The van der Waals surface area contributed by atoms with Crippen LogP contribution in [0, 0.1) is 0 Å². The molecule has 2 aromatic heterocycles. The first-order valence-corrected chi connectivity index (χ1v) is 20.2. The third-order valence-corrected chi connectivity index (χ3v) is 8.83. The van der Waals surface area contributed by atoms with Gasteiger partial charge in [-0.1, -0.05) is 29.3 Å². The van der Waals surface area contributed by atoms with Crippen LogP contribution in [-0.4, -0.2) is 95.8 Å². The number of imide groups is 1. The van der Waals surface area contributed by atoms with Crippen LogP contribution in [0.5, 0.6) is 0 Å². The van der Waals surface area contributed by atoms with E-state index >= 15 is 0 Å². The second-order valence-corrected chi connectivity index (χ2v) is 19.0. The summed E-state index contributed by atoms with van der Waals surface area (Å²) in [6.07, 6.45) is 2.13. The van der Waals surface area contributed by atoms with Crippen molar-refractivity contribution in [3.8, 4) is 11.3 Å². The maximum atomic E-state index is 13.6. The van der Waals surface area contributed by atoms with Crippen molar-refractivity contribution in [3.05, 3.63) is 52.4 Å². The number of halogens is 2. The molecule has 4 amide bonds. The van der Waals surface area contributed by atoms with Crippen molar-refractivity contribution in [2.75, 3.05) is 16.8 Å². The summed E-state index contributed by atoms with van der Waals surface area (Å²) in [5.41, 5.74) is -2.32. The molecule has 1 fully saturated rings. The van der Waals surface area contributed by atoms with Gasteiger partial charge in [-0.3, -0.25) is 14.4 Å². The van der Waals surface area contributed by atoms with E-state index in [9.17, 15) is 24.0 Å². The van der Waals surface area contributed by atoms with Crippen molar-refractivity contribution in [2.24, 2.45) is 0 Å². The van der Waals surface area contributed by atoms with E-state index in [-0.39, 0.29) is 43.4 Å². The number of hydrogen-bond acceptors (Lipinski definition) is 13. The summed E-state index contributed by atoms with van der Waals surface area (Å²) >= 11 is 12.9. The van der Waals surface area contributed by atoms with E-state index in [1.54, 1.807) is 107 Å². The van der Waals surface area contributed by atoms with Gasteiger partial charge in [0.05, 0.1) is 18.1 Å². The molecule has 0 aliphatic carbocycles. The second-order valence-electron chi connectivity index (χ2n) is 18.2. The summed E-state index contributed by atoms with van der Waals surface area (Å²) in [7, 11) is 0. The van der Waals surface area contributed by atoms with Crippen LogP contribution in [-0.2, 0) is 41.6 Å². The SMILES string of the molecule is CC(C)(C)OC(=O)[C@H]1CC(NC(=O)Cn2cc(-c3cnc(N(C(=O)OC(C)(C)C)C(=O)OC(C)(C)C)c(NCc4c(Cl)cccc4Cl)n3)cn2)CCN1C(=O)OC(C)(C)C. The molecule has 60 heavy (non-hydrogen) atoms. The Morgan fingerprint density at radius 1 is 0.817 bits per heavy atom. The number of aromatic nitrogens is 4. The molecule has 19 heteroatoms. The molecule has 2 atom stereocenters. The molecule has 1 aliphatic heterocycles. The van der Waals surface area contributed by atoms with Crippen LogP contribution >= 0.6 is 23.2 Å². The predicted molar refractivity (Wildman–Crippen MR) is 226 cm³/mol. The van der Waals surface area contributed by atoms with Gasteiger partial charge in [0.1, 0.15) is 35.0 Å². The number of piperidine rings is 1. The van der Waals surface area contributed by atoms with Gasteiger partial charge in [-0.2, -0.15) is 10.00 Å². The minimum atomic E-state index is -1.05. The molecule has 3 heterocycles. The number of anilines is 2. The summed E-state index contributed by atoms with van der Waals surface area (Å²) < 4.78 is 23.7. The van der Waals surface area contributed by atoms with E-state index < -0.39 is 64.6 Å². The van der Waals surface area contributed by atoms with Crippen molar-refractivity contribution in [1.82, 2.24) is 30.0 Å². The zero-order valence-corrected chi connectivity index (χ0v) is 37.8. The number of hydrogen-bond donors (Lipinski definition) is 2. The summed E-state index contributed by atoms with van der Waals surface area (Å²) in [4.78, 5) is 78.1. The van der Waals surface area contributed by atoms with Crippen LogP contribution in [0.1, 0.15) is 101 Å². The lowest BCUT2D eigenvalue weighted by molar-refractivity contribution is -0.163. The smallest absolute Gasteiger partial charge is 0.425 e. The number of carbonyl (C=O) groups is 5. The Morgan fingerprint density at radius 3 is 1.93 bits per heavy atom. The lowest BCUT2D eigenvalue weighted by atomic mass is 9.97. The largest absolute Gasteiger partial charge is 0.458 e. The lowest BCUT2D eigenvalue weighted by Crippen LogP contribution is -2.57. The lowest BCUT2D eigenvalue weighted by Gasteiger charge is -2.39. The maximum Gasteiger partial charge on any atom is 0.425 e. The number of carbonyl (C=O) groups excluding carboxylic acids is 5. The highest BCUT2D eigenvalue weighted by atomic mass is 35.5. The Balaban J connectivity index is 1.60. The highest BCUT2D eigenvalue weighted by molar-refractivity contribution is 6.36. The van der Waals surface area contributed by atoms with Crippen LogP contribution in [0.15, 0.2) is 36.8 Å². The molecule has 0 radical (unpaired) electrons. The Bertz CT molecular complexity index is 2020. The van der Waals surface area contributed by atoms with Crippen LogP contribution in [0.3, 0.4) is 0 Å². The van der Waals surface area contributed by atoms with Crippen LogP contribution < -0.4 is 15.5 Å². The number of rotatable bonds is 9. The van der Waals surface area contributed by atoms with E-state index in [0.29, 0.717) is 32.5 Å². The van der Waals surface area contributed by atoms with Crippen molar-refractivity contribution < 1.29 is 42.9 Å². The molecule has 0 saturated carbocycles. The zero-order valence-electron chi connectivity index (χ0n) is 36.3. The first-order chi connectivity index (χ1) is 27.6. The van der Waals surface area contributed by atoms with Crippen molar-refractivity contribution in [1.29, 1.82) is 0 Å². The molecular formula is C41H56Cl2N8O9. The summed E-state index contributed by atoms with van der Waals surface area (Å²) in [5.74, 6) is -1.24. The topological polar surface area (TPSA) is 196 Å². The number of nitrogens with one attached hydrogen (secondary N) is 2. The van der Waals surface area contributed by atoms with Gasteiger partial charge in [-0.15, -0.1) is 0 Å². The fourth-order valence-corrected chi connectivity index (χ4v) is 6.30. The van der Waals surface area contributed by atoms with E-state index in [1.807, 2.05) is 0 Å². The third-order valence-electron chi connectivity index (χ3n) is 8.12. The molecule has 1 aromatic carbocycles. The number of likely N-dealkylation sites (tertiary alicyclic amines) is 1. The predicted octanol–water partition coefficient (Wildman–Crippen LogP) is 8.16. The molecule has 4 rings (SSSR count). The van der Waals surface area contributed by atoms with Gasteiger partial charge in [-0.25, -0.2) is 29.1 Å². The van der Waals surface area contributed by atoms with Crippen molar-refractivity contribution >= 4 is 65.0 Å². The molecule has 1 unspecified atom stereocenters. The van der Waals surface area contributed by atoms with E-state index in [2.05, 4.69) is 20.7 Å². The molecule has 17 nitrogen and oxygen atoms in total. The highest BCUT2D eigenvalue weighted by Crippen LogP contribution is 2.31. The monoisotopic (exact) mass is 874 g/mol. The third kappa shape index (κ3) is 14.0. The number of esters is 1. The molecule has 1 saturated heterocycles. The van der Waals surface area contributed by atoms with Crippen molar-refractivity contribution in [3.63, 3.8) is 0 Å². The Hall–Kier alpha value is -5.16. The Labute approximate surface area is 360 Å². The second kappa shape index (κ2) is 18.6. The quantitative estimate of drug-likeness (QED) is 0.154. The first kappa shape index (κ1) is 47.5. The number of ether oxygens (including phenoxy) is 4. The molecule has 328 valence electrons. The van der Waals surface area contributed by atoms with Gasteiger partial charge >= 0.3 is 24.2 Å². The van der Waals surface area contributed by atoms with E-state index in [0.717, 1.165) is 0 Å². The van der Waals surface area contributed by atoms with Crippen molar-refractivity contribution in [2.45, 2.75) is 144 Å². The average molecular weight is 876 g/mol. The molecule has 0 bridgehead atoms. The Morgan fingerprint density at radius 2 is 1.38 bits per heavy atom. The molecule has 3 aromatic rings. The molecule has 0 spiro atoms. The number of amides is 4. The fourth-order valence-electron chi connectivity index (χ4n) is 5.77. The molecular weight excluding hydrogens is 819 g/mol. The van der Waals surface area contributed by atoms with E-state index in [1.165, 1.54) is 22.0 Å². The zero-order chi connectivity index (χ0) is 45.0. The Kier molecular flexibility index (Phi) is 14.7. The maximum absolute atomic E-state index is 13.6. The number of benzene rings is 1. The highest BCUT2D eigenvalue weighted by Gasteiger charge is 2.41. The van der Waals surface area contributed by atoms with E-state index in [4.69, 9.17) is 47.1 Å². The van der Waals surface area contributed by atoms with Gasteiger partial charge < -0.3 is 29.6 Å². The van der Waals surface area contributed by atoms with Gasteiger partial charge in [-0.05, 0) is 108 Å². The summed E-state index contributed by atoms with van der Waals surface area (Å²) in [6, 6.07) is 3.59. The summed E-state index contributed by atoms with van der Waals surface area (Å²) in [5, 5.41) is 11.1. The standard InChI is InChI=1S/C41H56Cl2N8O9/c1-38(2,3)57-34(53)30-18-25(16-17-50(30)35(54)58-39(4,5)6)47-31(52)23-49-22-24(19-46-49)29-21-45-33(32(48-29)44-20-26-27(42)14-13-15-28(26)43)51(36(55)59-40(7,8)9)37(56)60-41(10,11)12/h13-15,19,21-22,25,30H,16-18,20,23H2,1-12H3,(H,44,48)(H,47,52)/t25?,30-/m1/s1.